The van der Waals surface area contributed by atoms with Crippen LogP contribution in [0.1, 0.15) is 16.7 Å². The van der Waals surface area contributed by atoms with Gasteiger partial charge in [-0.1, -0.05) is 25.3 Å². The van der Waals surface area contributed by atoms with Crippen LogP contribution in [0.4, 0.5) is 0 Å². The van der Waals surface area contributed by atoms with E-state index >= 15 is 0 Å². The summed E-state index contributed by atoms with van der Waals surface area (Å²) in [6, 6.07) is 0. The molecule has 0 aromatic heterocycles. The molecule has 2 nitrogen and oxygen atoms in total. The average Bonchev–Trinajstić information content (AvgIpc) is 1.87. The topological polar surface area (TPSA) is 18.5 Å². The fourth-order valence-electron chi connectivity index (χ4n) is 0.247. The summed E-state index contributed by atoms with van der Waals surface area (Å²) in [5.41, 5.74) is 0. The first kappa shape index (κ1) is 26.3. The average molecular weight is 325 g/mol. The van der Waals surface area contributed by atoms with E-state index < -0.39 is 0 Å². The standard InChI is InChI=1S/2C3H6OS2.2K.2H/c2*1-2-4-3(5)6;;;;/h2*2H2,1H3,(H,5,6);;;;/q;;2*+1;2*-1. The van der Waals surface area contributed by atoms with Gasteiger partial charge in [-0.05, 0) is 38.3 Å². The molecule has 0 amide bonds. The molecule has 0 saturated carbocycles. The number of thiocarbonyl (C=S) groups is 2. The molecule has 14 heavy (non-hydrogen) atoms. The number of hydrogen-bond donors (Lipinski definition) is 2. The number of thiol groups is 2. The molecule has 0 radical (unpaired) electrons. The molecular weight excluding hydrogens is 311 g/mol. The van der Waals surface area contributed by atoms with E-state index in [-0.39, 0.29) is 106 Å². The number of hydrogen-bond acceptors (Lipinski definition) is 4. The van der Waals surface area contributed by atoms with Gasteiger partial charge in [-0.3, -0.25) is 0 Å². The molecule has 0 rings (SSSR count). The van der Waals surface area contributed by atoms with Gasteiger partial charge in [0.2, 0.25) is 8.77 Å². The fraction of sp³-hybridized carbons (Fsp3) is 0.667. The minimum atomic E-state index is 0. The Kier molecular flexibility index (Phi) is 41.4. The Morgan fingerprint density at radius 1 is 1.00 bits per heavy atom. The first-order valence-electron chi connectivity index (χ1n) is 3.26. The quantitative estimate of drug-likeness (QED) is 0.315. The second-order valence-electron chi connectivity index (χ2n) is 1.40. The van der Waals surface area contributed by atoms with Gasteiger partial charge in [-0.25, -0.2) is 0 Å². The van der Waals surface area contributed by atoms with Gasteiger partial charge >= 0.3 is 103 Å². The Balaban J connectivity index is -0.0000000250. The maximum atomic E-state index is 4.64. The predicted octanol–water partition coefficient (Wildman–Crippen LogP) is -3.29. The SMILES string of the molecule is CCOC(=S)S.CCOC(=S)S.[H-].[H-].[K+].[K+]. The summed E-state index contributed by atoms with van der Waals surface area (Å²) in [6.07, 6.45) is 0. The van der Waals surface area contributed by atoms with E-state index in [0.29, 0.717) is 22.0 Å². The Bertz CT molecular complexity index is 138. The van der Waals surface area contributed by atoms with Gasteiger partial charge in [-0.15, -0.1) is 0 Å². The summed E-state index contributed by atoms with van der Waals surface area (Å²) < 4.78 is 9.91. The molecule has 0 unspecified atom stereocenters. The largest absolute Gasteiger partial charge is 1.00 e. The summed E-state index contributed by atoms with van der Waals surface area (Å²) in [5, 5.41) is 0. The third-order valence-electron chi connectivity index (χ3n) is 0.536. The minimum absolute atomic E-state index is 0. The van der Waals surface area contributed by atoms with Crippen LogP contribution in [0.3, 0.4) is 0 Å². The van der Waals surface area contributed by atoms with Gasteiger partial charge in [0.15, 0.2) is 0 Å². The van der Waals surface area contributed by atoms with E-state index in [2.05, 4.69) is 59.2 Å². The molecular formula is C6H14K2O2S4. The summed E-state index contributed by atoms with van der Waals surface area (Å²) in [4.78, 5) is 0. The Labute approximate surface area is 196 Å². The van der Waals surface area contributed by atoms with Gasteiger partial charge in [0.25, 0.3) is 0 Å². The van der Waals surface area contributed by atoms with Gasteiger partial charge in [0, 0.05) is 0 Å². The van der Waals surface area contributed by atoms with E-state index in [0.717, 1.165) is 0 Å². The third-order valence-corrected chi connectivity index (χ3v) is 1.03. The van der Waals surface area contributed by atoms with Crippen LogP contribution in [-0.4, -0.2) is 22.0 Å². The van der Waals surface area contributed by atoms with Crippen LogP contribution in [0.15, 0.2) is 0 Å². The van der Waals surface area contributed by atoms with Crippen molar-refractivity contribution in [1.29, 1.82) is 0 Å². The van der Waals surface area contributed by atoms with Crippen LogP contribution in [-0.2, 0) is 9.47 Å². The molecule has 0 saturated heterocycles. The molecule has 0 aliphatic heterocycles. The molecule has 0 atom stereocenters. The van der Waals surface area contributed by atoms with Crippen molar-refractivity contribution in [2.24, 2.45) is 0 Å². The molecule has 76 valence electrons. The van der Waals surface area contributed by atoms with E-state index in [1.165, 1.54) is 0 Å². The molecule has 8 heteroatoms. The van der Waals surface area contributed by atoms with E-state index in [1.807, 2.05) is 13.8 Å². The zero-order valence-corrected chi connectivity index (χ0v) is 18.6. The van der Waals surface area contributed by atoms with Crippen molar-refractivity contribution in [3.8, 4) is 0 Å². The fourth-order valence-corrected chi connectivity index (χ4v) is 0.741. The molecule has 0 bridgehead atoms. The van der Waals surface area contributed by atoms with Gasteiger partial charge in [-0.2, -0.15) is 0 Å². The first-order valence-corrected chi connectivity index (χ1v) is 4.97. The number of rotatable bonds is 2. The summed E-state index contributed by atoms with van der Waals surface area (Å²) >= 11 is 16.2. The Morgan fingerprint density at radius 2 is 1.21 bits per heavy atom. The van der Waals surface area contributed by atoms with Crippen LogP contribution < -0.4 is 103 Å². The van der Waals surface area contributed by atoms with E-state index in [1.54, 1.807) is 0 Å². The predicted molar refractivity (Wildman–Crippen MR) is 68.6 cm³/mol. The molecule has 0 aromatic rings. The summed E-state index contributed by atoms with van der Waals surface area (Å²) in [5.74, 6) is 0. The summed E-state index contributed by atoms with van der Waals surface area (Å²) in [6.45, 7) is 4.95. The van der Waals surface area contributed by atoms with Crippen molar-refractivity contribution >= 4 is 58.5 Å². The monoisotopic (exact) mass is 324 g/mol. The second-order valence-corrected chi connectivity index (χ2v) is 3.56. The molecule has 0 aromatic carbocycles. The van der Waals surface area contributed by atoms with Crippen LogP contribution in [0.25, 0.3) is 0 Å². The van der Waals surface area contributed by atoms with Crippen molar-refractivity contribution in [3.05, 3.63) is 0 Å². The Hall–Kier alpha value is 3.75. The minimum Gasteiger partial charge on any atom is -1.00 e. The van der Waals surface area contributed by atoms with Crippen molar-refractivity contribution < 1.29 is 115 Å². The molecule has 0 aliphatic rings. The summed E-state index contributed by atoms with van der Waals surface area (Å²) in [7, 11) is 0. The van der Waals surface area contributed by atoms with Crippen LogP contribution in [0, 0.1) is 0 Å². The first-order chi connectivity index (χ1) is 5.54. The number of ether oxygens (including phenoxy) is 2. The second kappa shape index (κ2) is 22.0. The maximum Gasteiger partial charge on any atom is 1.00 e. The third kappa shape index (κ3) is 36.0. The molecule has 0 N–H and O–H groups in total. The van der Waals surface area contributed by atoms with Gasteiger partial charge in [0.05, 0.1) is 13.2 Å². The molecule has 0 spiro atoms. The van der Waals surface area contributed by atoms with Crippen LogP contribution >= 0.6 is 49.7 Å². The van der Waals surface area contributed by atoms with Crippen molar-refractivity contribution in [3.63, 3.8) is 0 Å². The van der Waals surface area contributed by atoms with E-state index in [4.69, 9.17) is 0 Å². The smallest absolute Gasteiger partial charge is 1.00 e. The molecule has 0 fully saturated rings. The van der Waals surface area contributed by atoms with Crippen molar-refractivity contribution in [2.75, 3.05) is 13.2 Å². The molecule has 0 heterocycles. The maximum absolute atomic E-state index is 4.64. The van der Waals surface area contributed by atoms with Gasteiger partial charge in [0.1, 0.15) is 0 Å². The van der Waals surface area contributed by atoms with Gasteiger partial charge < -0.3 is 12.3 Å². The molecule has 0 aliphatic carbocycles. The Morgan fingerprint density at radius 3 is 1.21 bits per heavy atom. The van der Waals surface area contributed by atoms with Crippen molar-refractivity contribution in [1.82, 2.24) is 0 Å². The zero-order chi connectivity index (χ0) is 9.98. The normalized spacial score (nSPS) is 6.57. The van der Waals surface area contributed by atoms with Crippen LogP contribution in [0.5, 0.6) is 0 Å². The van der Waals surface area contributed by atoms with E-state index in [9.17, 15) is 0 Å². The van der Waals surface area contributed by atoms with Crippen LogP contribution in [0.2, 0.25) is 0 Å². The van der Waals surface area contributed by atoms with Crippen molar-refractivity contribution in [2.45, 2.75) is 13.8 Å². The zero-order valence-electron chi connectivity index (χ0n) is 10.9.